The maximum absolute atomic E-state index is 12.5. The molecule has 0 radical (unpaired) electrons. The number of halogens is 1. The summed E-state index contributed by atoms with van der Waals surface area (Å²) >= 11 is 0. The zero-order chi connectivity index (χ0) is 9.84. The van der Waals surface area contributed by atoms with Crippen LogP contribution < -0.4 is 0 Å². The molecule has 0 aliphatic rings. The van der Waals surface area contributed by atoms with Gasteiger partial charge >= 0.3 is 0 Å². The van der Waals surface area contributed by atoms with E-state index in [0.29, 0.717) is 10.4 Å². The van der Waals surface area contributed by atoms with Gasteiger partial charge in [0.05, 0.1) is 11.7 Å². The van der Waals surface area contributed by atoms with Crippen LogP contribution in [0.15, 0.2) is 24.4 Å². The van der Waals surface area contributed by atoms with Crippen LogP contribution in [0.4, 0.5) is 4.48 Å². The summed E-state index contributed by atoms with van der Waals surface area (Å²) in [6.07, 6.45) is 1.38. The molecule has 1 heterocycles. The summed E-state index contributed by atoms with van der Waals surface area (Å²) in [7, 11) is 0. The molecule has 2 rings (SSSR count). The Balaban J connectivity index is 0.000000396. The molecule has 0 atom stereocenters. The first kappa shape index (κ1) is 9.71. The van der Waals surface area contributed by atoms with Gasteiger partial charge in [0.1, 0.15) is 0 Å². The molecular formula is C10H13FN2. The normalized spacial score (nSPS) is 9.54. The SMILES string of the molecule is CC.Cc1cccc2nn(F)cc12. The monoisotopic (exact) mass is 180 g/mol. The quantitative estimate of drug-likeness (QED) is 0.609. The van der Waals surface area contributed by atoms with Gasteiger partial charge in [-0.3, -0.25) is 0 Å². The summed E-state index contributed by atoms with van der Waals surface area (Å²) in [5, 5.41) is 4.49. The number of fused-ring (bicyclic) bond motifs is 1. The van der Waals surface area contributed by atoms with E-state index in [1.54, 1.807) is 6.07 Å². The molecule has 0 N–H and O–H groups in total. The Morgan fingerprint density at radius 1 is 1.31 bits per heavy atom. The number of rotatable bonds is 0. The first-order chi connectivity index (χ1) is 6.27. The van der Waals surface area contributed by atoms with Crippen LogP contribution in [0.2, 0.25) is 0 Å². The minimum absolute atomic E-state index is 0.345. The van der Waals surface area contributed by atoms with Crippen molar-refractivity contribution in [1.82, 2.24) is 10.0 Å². The molecular weight excluding hydrogens is 167 g/mol. The minimum Gasteiger partial charge on any atom is -0.142 e. The van der Waals surface area contributed by atoms with Gasteiger partial charge in [-0.25, -0.2) is 0 Å². The number of benzene rings is 1. The molecule has 2 nitrogen and oxygen atoms in total. The maximum Gasteiger partial charge on any atom is 0.0954 e. The van der Waals surface area contributed by atoms with Crippen LogP contribution in [-0.2, 0) is 0 Å². The number of aromatic nitrogens is 2. The lowest BCUT2D eigenvalue weighted by Crippen LogP contribution is -1.77. The molecule has 0 aliphatic heterocycles. The summed E-state index contributed by atoms with van der Waals surface area (Å²) < 4.78 is 12.5. The predicted octanol–water partition coefficient (Wildman–Crippen LogP) is 3.10. The number of nitrogens with zero attached hydrogens (tertiary/aromatic N) is 2. The third kappa shape index (κ3) is 1.86. The lowest BCUT2D eigenvalue weighted by molar-refractivity contribution is 0.320. The summed E-state index contributed by atoms with van der Waals surface area (Å²) in [5.41, 5.74) is 1.75. The van der Waals surface area contributed by atoms with E-state index in [1.165, 1.54) is 6.20 Å². The highest BCUT2D eigenvalue weighted by Crippen LogP contribution is 2.15. The highest BCUT2D eigenvalue weighted by molar-refractivity contribution is 5.81. The van der Waals surface area contributed by atoms with Crippen LogP contribution >= 0.6 is 0 Å². The lowest BCUT2D eigenvalue weighted by atomic mass is 10.2. The Kier molecular flexibility index (Phi) is 3.01. The Bertz CT molecular complexity index is 393. The van der Waals surface area contributed by atoms with Crippen molar-refractivity contribution in [3.8, 4) is 0 Å². The average molecular weight is 180 g/mol. The summed E-state index contributed by atoms with van der Waals surface area (Å²) in [6.45, 7) is 5.93. The van der Waals surface area contributed by atoms with Crippen molar-refractivity contribution in [2.24, 2.45) is 0 Å². The van der Waals surface area contributed by atoms with E-state index in [2.05, 4.69) is 5.10 Å². The Morgan fingerprint density at radius 3 is 2.62 bits per heavy atom. The van der Waals surface area contributed by atoms with E-state index in [0.717, 1.165) is 10.9 Å². The fourth-order valence-electron chi connectivity index (χ4n) is 1.16. The fraction of sp³-hybridized carbons (Fsp3) is 0.300. The molecule has 0 amide bonds. The zero-order valence-corrected chi connectivity index (χ0v) is 8.08. The number of aryl methyl sites for hydroxylation is 1. The standard InChI is InChI=1S/C8H7FN2.C2H6/c1-6-3-2-4-8-7(6)5-11(9)10-8;1-2/h2-5H,1H3;1-2H3. The zero-order valence-electron chi connectivity index (χ0n) is 8.08. The van der Waals surface area contributed by atoms with Crippen molar-refractivity contribution in [2.75, 3.05) is 0 Å². The average Bonchev–Trinajstić information content (AvgIpc) is 2.51. The molecule has 13 heavy (non-hydrogen) atoms. The molecule has 2 aromatic rings. The Hall–Kier alpha value is -1.38. The van der Waals surface area contributed by atoms with Gasteiger partial charge in [0.25, 0.3) is 0 Å². The van der Waals surface area contributed by atoms with Crippen molar-refractivity contribution >= 4 is 10.9 Å². The summed E-state index contributed by atoms with van der Waals surface area (Å²) in [5.74, 6) is 0. The van der Waals surface area contributed by atoms with Gasteiger partial charge in [-0.2, -0.15) is 0 Å². The molecule has 1 aromatic heterocycles. The van der Waals surface area contributed by atoms with Gasteiger partial charge in [0.2, 0.25) is 0 Å². The van der Waals surface area contributed by atoms with Crippen LogP contribution in [0.25, 0.3) is 10.9 Å². The third-order valence-electron chi connectivity index (χ3n) is 1.74. The molecule has 0 saturated carbocycles. The molecule has 0 bridgehead atoms. The van der Waals surface area contributed by atoms with E-state index >= 15 is 0 Å². The number of hydrogen-bond acceptors (Lipinski definition) is 1. The van der Waals surface area contributed by atoms with E-state index in [1.807, 2.05) is 32.9 Å². The van der Waals surface area contributed by atoms with Crippen LogP contribution in [0, 0.1) is 6.92 Å². The van der Waals surface area contributed by atoms with Gasteiger partial charge in [-0.1, -0.05) is 30.5 Å². The van der Waals surface area contributed by atoms with E-state index in [9.17, 15) is 4.48 Å². The molecule has 0 spiro atoms. The topological polar surface area (TPSA) is 17.8 Å². The largest absolute Gasteiger partial charge is 0.142 e. The highest BCUT2D eigenvalue weighted by atomic mass is 19.2. The molecule has 0 unspecified atom stereocenters. The van der Waals surface area contributed by atoms with Gasteiger partial charge in [-0.15, -0.1) is 10.0 Å². The third-order valence-corrected chi connectivity index (χ3v) is 1.74. The van der Waals surface area contributed by atoms with Crippen molar-refractivity contribution in [1.29, 1.82) is 0 Å². The number of hydrogen-bond donors (Lipinski definition) is 0. The molecule has 1 aromatic carbocycles. The maximum atomic E-state index is 12.5. The summed E-state index contributed by atoms with van der Waals surface area (Å²) in [6, 6.07) is 5.59. The van der Waals surface area contributed by atoms with E-state index in [4.69, 9.17) is 0 Å². The second-order valence-corrected chi connectivity index (χ2v) is 2.53. The van der Waals surface area contributed by atoms with Gasteiger partial charge in [0.15, 0.2) is 0 Å². The van der Waals surface area contributed by atoms with Crippen LogP contribution in [-0.4, -0.2) is 10.0 Å². The molecule has 0 fully saturated rings. The molecule has 0 saturated heterocycles. The van der Waals surface area contributed by atoms with Crippen molar-refractivity contribution in [3.63, 3.8) is 0 Å². The van der Waals surface area contributed by atoms with Crippen LogP contribution in [0.5, 0.6) is 0 Å². The first-order valence-corrected chi connectivity index (χ1v) is 4.38. The first-order valence-electron chi connectivity index (χ1n) is 4.38. The second-order valence-electron chi connectivity index (χ2n) is 2.53. The van der Waals surface area contributed by atoms with Crippen LogP contribution in [0.1, 0.15) is 19.4 Å². The summed E-state index contributed by atoms with van der Waals surface area (Å²) in [4.78, 5) is 0.345. The highest BCUT2D eigenvalue weighted by Gasteiger charge is 2.00. The van der Waals surface area contributed by atoms with Gasteiger partial charge in [0, 0.05) is 5.39 Å². The molecule has 0 aliphatic carbocycles. The minimum atomic E-state index is 0.345. The van der Waals surface area contributed by atoms with Gasteiger partial charge < -0.3 is 0 Å². The smallest absolute Gasteiger partial charge is 0.0954 e. The Labute approximate surface area is 76.9 Å². The van der Waals surface area contributed by atoms with Crippen molar-refractivity contribution in [2.45, 2.75) is 20.8 Å². The predicted molar refractivity (Wildman–Crippen MR) is 52.3 cm³/mol. The van der Waals surface area contributed by atoms with E-state index in [-0.39, 0.29) is 0 Å². The van der Waals surface area contributed by atoms with Crippen molar-refractivity contribution < 1.29 is 4.48 Å². The lowest BCUT2D eigenvalue weighted by Gasteiger charge is -1.89. The fourth-order valence-corrected chi connectivity index (χ4v) is 1.16. The second kappa shape index (κ2) is 4.03. The molecule has 70 valence electrons. The van der Waals surface area contributed by atoms with Crippen molar-refractivity contribution in [3.05, 3.63) is 30.0 Å². The van der Waals surface area contributed by atoms with Gasteiger partial charge in [-0.05, 0) is 18.6 Å². The van der Waals surface area contributed by atoms with Crippen LogP contribution in [0.3, 0.4) is 0 Å². The Morgan fingerprint density at radius 2 is 2.00 bits per heavy atom. The van der Waals surface area contributed by atoms with E-state index < -0.39 is 0 Å². The molecule has 3 heteroatoms.